The quantitative estimate of drug-likeness (QED) is 0.732. The van der Waals surface area contributed by atoms with Crippen LogP contribution in [-0.4, -0.2) is 0 Å². The number of nitriles is 1. The summed E-state index contributed by atoms with van der Waals surface area (Å²) in [5, 5.41) is 8.88. The lowest BCUT2D eigenvalue weighted by Crippen LogP contribution is -1.92. The fourth-order valence-corrected chi connectivity index (χ4v) is 1.73. The molecule has 2 aromatic rings. The number of benzene rings is 2. The second-order valence-electron chi connectivity index (χ2n) is 3.73. The summed E-state index contributed by atoms with van der Waals surface area (Å²) in [5.74, 6) is 0. The highest BCUT2D eigenvalue weighted by atomic mass is 14.6. The minimum Gasteiger partial charge on any atom is -0.398 e. The molecule has 0 aliphatic heterocycles. The second-order valence-corrected chi connectivity index (χ2v) is 3.73. The van der Waals surface area contributed by atoms with Gasteiger partial charge in [0.15, 0.2) is 0 Å². The van der Waals surface area contributed by atoms with Gasteiger partial charge in [-0.05, 0) is 36.2 Å². The summed E-state index contributed by atoms with van der Waals surface area (Å²) in [7, 11) is 0. The molecule has 0 unspecified atom stereocenters. The molecule has 2 aromatic carbocycles. The second kappa shape index (κ2) is 4.08. The Morgan fingerprint density at radius 3 is 2.50 bits per heavy atom. The van der Waals surface area contributed by atoms with Crippen LogP contribution in [0, 0.1) is 18.3 Å². The van der Waals surface area contributed by atoms with Gasteiger partial charge in [-0.2, -0.15) is 5.26 Å². The van der Waals surface area contributed by atoms with Crippen molar-refractivity contribution in [1.29, 1.82) is 5.26 Å². The highest BCUT2D eigenvalue weighted by Gasteiger charge is 2.05. The molecular formula is C14H12N2. The summed E-state index contributed by atoms with van der Waals surface area (Å²) in [5.41, 5.74) is 10.4. The van der Waals surface area contributed by atoms with Crippen molar-refractivity contribution in [2.45, 2.75) is 6.92 Å². The van der Waals surface area contributed by atoms with Crippen LogP contribution >= 0.6 is 0 Å². The molecule has 2 nitrogen and oxygen atoms in total. The van der Waals surface area contributed by atoms with Crippen molar-refractivity contribution >= 4 is 5.69 Å². The molecule has 0 saturated carbocycles. The van der Waals surface area contributed by atoms with Gasteiger partial charge in [-0.15, -0.1) is 0 Å². The van der Waals surface area contributed by atoms with Crippen molar-refractivity contribution in [2.75, 3.05) is 5.73 Å². The van der Waals surface area contributed by atoms with Crippen LogP contribution in [-0.2, 0) is 0 Å². The molecule has 0 aromatic heterocycles. The predicted octanol–water partition coefficient (Wildman–Crippen LogP) is 3.12. The molecule has 2 heteroatoms. The molecule has 0 saturated heterocycles. The maximum absolute atomic E-state index is 8.88. The molecule has 0 aliphatic rings. The topological polar surface area (TPSA) is 49.8 Å². The third kappa shape index (κ3) is 1.76. The number of hydrogen-bond acceptors (Lipinski definition) is 2. The molecule has 0 aliphatic carbocycles. The van der Waals surface area contributed by atoms with Crippen LogP contribution in [0.4, 0.5) is 5.69 Å². The van der Waals surface area contributed by atoms with Crippen molar-refractivity contribution < 1.29 is 0 Å². The van der Waals surface area contributed by atoms with E-state index in [9.17, 15) is 0 Å². The van der Waals surface area contributed by atoms with Gasteiger partial charge < -0.3 is 5.73 Å². The van der Waals surface area contributed by atoms with E-state index < -0.39 is 0 Å². The first-order valence-electron chi connectivity index (χ1n) is 5.08. The minimum absolute atomic E-state index is 0.632. The number of nitrogen functional groups attached to an aromatic ring is 1. The van der Waals surface area contributed by atoms with E-state index in [1.54, 1.807) is 12.1 Å². The third-order valence-corrected chi connectivity index (χ3v) is 2.62. The normalized spacial score (nSPS) is 9.75. The van der Waals surface area contributed by atoms with Gasteiger partial charge in [0.05, 0.1) is 11.6 Å². The number of aryl methyl sites for hydroxylation is 1. The van der Waals surface area contributed by atoms with Crippen LogP contribution in [0.3, 0.4) is 0 Å². The first-order chi connectivity index (χ1) is 7.72. The summed E-state index contributed by atoms with van der Waals surface area (Å²) in [6.45, 7) is 2.04. The van der Waals surface area contributed by atoms with Crippen LogP contribution in [0.25, 0.3) is 11.1 Å². The Morgan fingerprint density at radius 1 is 1.06 bits per heavy atom. The van der Waals surface area contributed by atoms with E-state index >= 15 is 0 Å². The predicted molar refractivity (Wildman–Crippen MR) is 65.7 cm³/mol. The average Bonchev–Trinajstić information content (AvgIpc) is 2.31. The number of hydrogen-bond donors (Lipinski definition) is 1. The SMILES string of the molecule is Cc1ccccc1-c1cc(C#N)ccc1N. The van der Waals surface area contributed by atoms with Gasteiger partial charge in [0, 0.05) is 11.3 Å². The Morgan fingerprint density at radius 2 is 1.81 bits per heavy atom. The zero-order valence-electron chi connectivity index (χ0n) is 9.07. The first kappa shape index (κ1) is 10.3. The first-order valence-corrected chi connectivity index (χ1v) is 5.08. The summed E-state index contributed by atoms with van der Waals surface area (Å²) in [4.78, 5) is 0. The lowest BCUT2D eigenvalue weighted by molar-refractivity contribution is 1.44. The molecule has 0 radical (unpaired) electrons. The Bertz CT molecular complexity index is 565. The molecule has 78 valence electrons. The number of anilines is 1. The molecular weight excluding hydrogens is 196 g/mol. The molecule has 0 amide bonds. The molecule has 16 heavy (non-hydrogen) atoms. The standard InChI is InChI=1S/C14H12N2/c1-10-4-2-3-5-12(10)13-8-11(9-15)6-7-14(13)16/h2-8H,16H2,1H3. The zero-order chi connectivity index (χ0) is 11.5. The highest BCUT2D eigenvalue weighted by Crippen LogP contribution is 2.29. The number of nitrogens with zero attached hydrogens (tertiary/aromatic N) is 1. The van der Waals surface area contributed by atoms with Crippen LogP contribution in [0.2, 0.25) is 0 Å². The van der Waals surface area contributed by atoms with E-state index in [-0.39, 0.29) is 0 Å². The van der Waals surface area contributed by atoms with Crippen molar-refractivity contribution in [3.63, 3.8) is 0 Å². The van der Waals surface area contributed by atoms with Gasteiger partial charge in [0.2, 0.25) is 0 Å². The monoisotopic (exact) mass is 208 g/mol. The largest absolute Gasteiger partial charge is 0.398 e. The summed E-state index contributed by atoms with van der Waals surface area (Å²) >= 11 is 0. The van der Waals surface area contributed by atoms with Crippen LogP contribution in [0.15, 0.2) is 42.5 Å². The molecule has 0 heterocycles. The van der Waals surface area contributed by atoms with E-state index in [1.165, 1.54) is 0 Å². The Labute approximate surface area is 95.0 Å². The minimum atomic E-state index is 0.632. The van der Waals surface area contributed by atoms with Gasteiger partial charge in [-0.3, -0.25) is 0 Å². The third-order valence-electron chi connectivity index (χ3n) is 2.62. The van der Waals surface area contributed by atoms with Gasteiger partial charge in [0.25, 0.3) is 0 Å². The van der Waals surface area contributed by atoms with E-state index in [4.69, 9.17) is 11.0 Å². The van der Waals surface area contributed by atoms with E-state index in [1.807, 2.05) is 37.3 Å². The Kier molecular flexibility index (Phi) is 2.61. The molecule has 2 N–H and O–H groups in total. The fourth-order valence-electron chi connectivity index (χ4n) is 1.73. The molecule has 0 atom stereocenters. The van der Waals surface area contributed by atoms with Crippen molar-refractivity contribution in [3.8, 4) is 17.2 Å². The fraction of sp³-hybridized carbons (Fsp3) is 0.0714. The molecule has 2 rings (SSSR count). The van der Waals surface area contributed by atoms with Crippen molar-refractivity contribution in [2.24, 2.45) is 0 Å². The van der Waals surface area contributed by atoms with Gasteiger partial charge in [-0.1, -0.05) is 24.3 Å². The molecule has 0 spiro atoms. The molecule has 0 bridgehead atoms. The van der Waals surface area contributed by atoms with E-state index in [0.717, 1.165) is 16.7 Å². The maximum Gasteiger partial charge on any atom is 0.0991 e. The lowest BCUT2D eigenvalue weighted by atomic mass is 9.97. The Hall–Kier alpha value is -2.27. The average molecular weight is 208 g/mol. The summed E-state index contributed by atoms with van der Waals surface area (Å²) < 4.78 is 0. The van der Waals surface area contributed by atoms with Gasteiger partial charge in [-0.25, -0.2) is 0 Å². The number of nitrogens with two attached hydrogens (primary N) is 1. The van der Waals surface area contributed by atoms with E-state index in [2.05, 4.69) is 6.07 Å². The zero-order valence-corrected chi connectivity index (χ0v) is 9.07. The molecule has 0 fully saturated rings. The summed E-state index contributed by atoms with van der Waals surface area (Å²) in [6.07, 6.45) is 0. The summed E-state index contributed by atoms with van der Waals surface area (Å²) in [6, 6.07) is 15.5. The lowest BCUT2D eigenvalue weighted by Gasteiger charge is -2.09. The highest BCUT2D eigenvalue weighted by molar-refractivity contribution is 5.79. The van der Waals surface area contributed by atoms with E-state index in [0.29, 0.717) is 11.3 Å². The van der Waals surface area contributed by atoms with Crippen LogP contribution in [0.1, 0.15) is 11.1 Å². The van der Waals surface area contributed by atoms with Crippen LogP contribution < -0.4 is 5.73 Å². The maximum atomic E-state index is 8.88. The number of rotatable bonds is 1. The van der Waals surface area contributed by atoms with Crippen molar-refractivity contribution in [3.05, 3.63) is 53.6 Å². The van der Waals surface area contributed by atoms with Crippen molar-refractivity contribution in [1.82, 2.24) is 0 Å². The smallest absolute Gasteiger partial charge is 0.0991 e. The van der Waals surface area contributed by atoms with Crippen LogP contribution in [0.5, 0.6) is 0 Å². The Balaban J connectivity index is 2.65. The van der Waals surface area contributed by atoms with Gasteiger partial charge in [0.1, 0.15) is 0 Å². The van der Waals surface area contributed by atoms with Gasteiger partial charge >= 0.3 is 0 Å².